The lowest BCUT2D eigenvalue weighted by molar-refractivity contribution is 0.280. The fourth-order valence-corrected chi connectivity index (χ4v) is 2.52. The number of rotatable bonds is 6. The molecule has 0 radical (unpaired) electrons. The molecule has 0 unspecified atom stereocenters. The number of ether oxygens (including phenoxy) is 2. The minimum absolute atomic E-state index is 0.0144. The summed E-state index contributed by atoms with van der Waals surface area (Å²) in [5.41, 5.74) is 1.05. The molecule has 0 aliphatic rings. The molecule has 9 heteroatoms. The molecule has 6 nitrogen and oxygen atoms in total. The number of nitrogens with one attached hydrogen (secondary N) is 1. The molecule has 0 saturated carbocycles. The van der Waals surface area contributed by atoms with E-state index in [1.807, 2.05) is 0 Å². The van der Waals surface area contributed by atoms with Gasteiger partial charge in [-0.25, -0.2) is 4.39 Å². The van der Waals surface area contributed by atoms with E-state index in [1.54, 1.807) is 36.5 Å². The van der Waals surface area contributed by atoms with Crippen LogP contribution in [-0.2, 0) is 6.61 Å². The Morgan fingerprint density at radius 2 is 2.19 bits per heavy atom. The molecule has 0 spiro atoms. The van der Waals surface area contributed by atoms with E-state index in [1.165, 1.54) is 24.2 Å². The first-order valence-electron chi connectivity index (χ1n) is 7.48. The molecule has 26 heavy (non-hydrogen) atoms. The molecule has 0 aliphatic carbocycles. The highest BCUT2D eigenvalue weighted by atomic mass is 35.5. The summed E-state index contributed by atoms with van der Waals surface area (Å²) in [7, 11) is 1.52. The van der Waals surface area contributed by atoms with Crippen molar-refractivity contribution in [3.8, 4) is 11.5 Å². The number of aromatic amines is 1. The smallest absolute Gasteiger partial charge is 0.216 e. The van der Waals surface area contributed by atoms with Gasteiger partial charge in [-0.05, 0) is 48.1 Å². The van der Waals surface area contributed by atoms with Crippen LogP contribution in [-0.4, -0.2) is 28.2 Å². The second-order valence-electron chi connectivity index (χ2n) is 5.15. The lowest BCUT2D eigenvalue weighted by Gasteiger charge is -2.12. The molecule has 0 aliphatic heterocycles. The van der Waals surface area contributed by atoms with Gasteiger partial charge in [0.25, 0.3) is 0 Å². The summed E-state index contributed by atoms with van der Waals surface area (Å²) in [6.45, 7) is -0.0144. The number of hydrogen-bond donors (Lipinski definition) is 1. The van der Waals surface area contributed by atoms with Crippen molar-refractivity contribution in [1.29, 1.82) is 0 Å². The Morgan fingerprint density at radius 1 is 1.35 bits per heavy atom. The molecule has 3 rings (SSSR count). The standard InChI is InChI=1S/C17H14ClFN4O2S/c1-24-16-7-11(8-21-23-10-20-22-17(23)26)5-6-15(16)25-9-12-13(18)3-2-4-14(12)19/h2-8,10H,9H2,1H3,(H,22,26)/b21-8-. The van der Waals surface area contributed by atoms with Gasteiger partial charge in [0.1, 0.15) is 18.8 Å². The minimum atomic E-state index is -0.419. The topological polar surface area (TPSA) is 64.4 Å². The van der Waals surface area contributed by atoms with Gasteiger partial charge in [0, 0.05) is 5.56 Å². The number of halogens is 2. The molecule has 0 amide bonds. The van der Waals surface area contributed by atoms with E-state index in [0.717, 1.165) is 5.56 Å². The highest BCUT2D eigenvalue weighted by molar-refractivity contribution is 7.71. The van der Waals surface area contributed by atoms with Crippen molar-refractivity contribution in [2.45, 2.75) is 6.61 Å². The van der Waals surface area contributed by atoms with E-state index >= 15 is 0 Å². The highest BCUT2D eigenvalue weighted by Crippen LogP contribution is 2.29. The third-order valence-corrected chi connectivity index (χ3v) is 4.12. The molecule has 3 aromatic rings. The van der Waals surface area contributed by atoms with Crippen molar-refractivity contribution in [2.24, 2.45) is 5.10 Å². The van der Waals surface area contributed by atoms with Gasteiger partial charge < -0.3 is 9.47 Å². The fourth-order valence-electron chi connectivity index (χ4n) is 2.16. The van der Waals surface area contributed by atoms with Gasteiger partial charge in [-0.1, -0.05) is 17.7 Å². The summed E-state index contributed by atoms with van der Waals surface area (Å²) in [5.74, 6) is 0.526. The predicted octanol–water partition coefficient (Wildman–Crippen LogP) is 4.20. The second kappa shape index (κ2) is 8.11. The summed E-state index contributed by atoms with van der Waals surface area (Å²) in [6, 6.07) is 9.73. The lowest BCUT2D eigenvalue weighted by atomic mass is 10.2. The number of nitrogens with zero attached hydrogens (tertiary/aromatic N) is 3. The van der Waals surface area contributed by atoms with E-state index < -0.39 is 5.82 Å². The number of benzene rings is 2. The summed E-state index contributed by atoms with van der Waals surface area (Å²) in [6.07, 6.45) is 3.07. The molecule has 0 atom stereocenters. The number of H-pyrrole nitrogens is 1. The first-order valence-corrected chi connectivity index (χ1v) is 8.27. The van der Waals surface area contributed by atoms with E-state index in [9.17, 15) is 4.39 Å². The van der Waals surface area contributed by atoms with Gasteiger partial charge in [0.15, 0.2) is 11.5 Å². The van der Waals surface area contributed by atoms with Crippen molar-refractivity contribution < 1.29 is 13.9 Å². The van der Waals surface area contributed by atoms with Crippen LogP contribution in [0.5, 0.6) is 11.5 Å². The maximum absolute atomic E-state index is 13.8. The zero-order chi connectivity index (χ0) is 18.5. The van der Waals surface area contributed by atoms with Gasteiger partial charge in [0.2, 0.25) is 4.77 Å². The van der Waals surface area contributed by atoms with Crippen LogP contribution in [0.25, 0.3) is 0 Å². The summed E-state index contributed by atoms with van der Waals surface area (Å²) in [5, 5.41) is 10.9. The molecule has 1 heterocycles. The van der Waals surface area contributed by atoms with Crippen molar-refractivity contribution in [3.05, 3.63) is 69.5 Å². The Bertz CT molecular complexity index is 982. The molecule has 134 valence electrons. The van der Waals surface area contributed by atoms with Crippen LogP contribution >= 0.6 is 23.8 Å². The molecule has 2 aromatic carbocycles. The van der Waals surface area contributed by atoms with Crippen molar-refractivity contribution in [1.82, 2.24) is 14.9 Å². The SMILES string of the molecule is COc1cc(/C=N\n2cn[nH]c2=S)ccc1OCc1c(F)cccc1Cl. The Morgan fingerprint density at radius 3 is 2.88 bits per heavy atom. The van der Waals surface area contributed by atoms with Crippen LogP contribution in [0.15, 0.2) is 47.8 Å². The summed E-state index contributed by atoms with van der Waals surface area (Å²) in [4.78, 5) is 0. The predicted molar refractivity (Wildman–Crippen MR) is 99.1 cm³/mol. The minimum Gasteiger partial charge on any atom is -0.493 e. The van der Waals surface area contributed by atoms with E-state index in [0.29, 0.717) is 21.3 Å². The van der Waals surface area contributed by atoms with Crippen LogP contribution in [0, 0.1) is 10.6 Å². The summed E-state index contributed by atoms with van der Waals surface area (Å²) < 4.78 is 26.6. The molecular formula is C17H14ClFN4O2S. The largest absolute Gasteiger partial charge is 0.493 e. The third-order valence-electron chi connectivity index (χ3n) is 3.49. The zero-order valence-electron chi connectivity index (χ0n) is 13.6. The normalized spacial score (nSPS) is 11.0. The lowest BCUT2D eigenvalue weighted by Crippen LogP contribution is -2.01. The summed E-state index contributed by atoms with van der Waals surface area (Å²) >= 11 is 11.0. The van der Waals surface area contributed by atoms with Gasteiger partial charge in [0.05, 0.1) is 18.3 Å². The molecular weight excluding hydrogens is 379 g/mol. The van der Waals surface area contributed by atoms with Crippen LogP contribution in [0.4, 0.5) is 4.39 Å². The van der Waals surface area contributed by atoms with Gasteiger partial charge >= 0.3 is 0 Å². The average molecular weight is 393 g/mol. The van der Waals surface area contributed by atoms with Gasteiger partial charge in [-0.15, -0.1) is 0 Å². The van der Waals surface area contributed by atoms with Crippen LogP contribution in [0.2, 0.25) is 5.02 Å². The first-order chi connectivity index (χ1) is 12.6. The number of aromatic nitrogens is 3. The maximum Gasteiger partial charge on any atom is 0.216 e. The monoisotopic (exact) mass is 392 g/mol. The molecule has 0 saturated heterocycles. The van der Waals surface area contributed by atoms with Crippen molar-refractivity contribution >= 4 is 30.0 Å². The Balaban J connectivity index is 1.78. The van der Waals surface area contributed by atoms with E-state index in [-0.39, 0.29) is 12.2 Å². The Kier molecular flexibility index (Phi) is 5.65. The Hall–Kier alpha value is -2.71. The van der Waals surface area contributed by atoms with Gasteiger partial charge in [-0.2, -0.15) is 14.9 Å². The molecule has 0 bridgehead atoms. The highest BCUT2D eigenvalue weighted by Gasteiger charge is 2.10. The maximum atomic E-state index is 13.8. The number of methoxy groups -OCH3 is 1. The van der Waals surface area contributed by atoms with Crippen LogP contribution in [0.3, 0.4) is 0 Å². The quantitative estimate of drug-likeness (QED) is 0.504. The Labute approximate surface area is 158 Å². The van der Waals surface area contributed by atoms with Gasteiger partial charge in [-0.3, -0.25) is 5.10 Å². The average Bonchev–Trinajstić information content (AvgIpc) is 3.05. The second-order valence-corrected chi connectivity index (χ2v) is 5.94. The number of hydrogen-bond acceptors (Lipinski definition) is 5. The van der Waals surface area contributed by atoms with Crippen molar-refractivity contribution in [2.75, 3.05) is 7.11 Å². The van der Waals surface area contributed by atoms with E-state index in [4.69, 9.17) is 33.3 Å². The van der Waals surface area contributed by atoms with E-state index in [2.05, 4.69) is 15.3 Å². The molecule has 1 aromatic heterocycles. The molecule has 0 fully saturated rings. The zero-order valence-corrected chi connectivity index (χ0v) is 15.2. The third kappa shape index (κ3) is 4.09. The van der Waals surface area contributed by atoms with Crippen LogP contribution in [0.1, 0.15) is 11.1 Å². The van der Waals surface area contributed by atoms with Crippen LogP contribution < -0.4 is 9.47 Å². The van der Waals surface area contributed by atoms with Crippen molar-refractivity contribution in [3.63, 3.8) is 0 Å². The first kappa shape index (κ1) is 18.1. The molecule has 1 N–H and O–H groups in total. The fraction of sp³-hybridized carbons (Fsp3) is 0.118.